The van der Waals surface area contributed by atoms with Crippen molar-refractivity contribution in [3.05, 3.63) is 35.9 Å². The number of hydrogen-bond acceptors (Lipinski definition) is 2. The van der Waals surface area contributed by atoms with Crippen LogP contribution in [-0.2, 0) is 5.41 Å². The van der Waals surface area contributed by atoms with Crippen LogP contribution < -0.4 is 5.32 Å². The molecule has 0 saturated carbocycles. The van der Waals surface area contributed by atoms with Crippen LogP contribution in [0.2, 0.25) is 0 Å². The SMILES string of the molecule is CC(CC(C)(C)c1ccccc1)NCC1CCSCC1. The van der Waals surface area contributed by atoms with Crippen LogP contribution in [0.25, 0.3) is 0 Å². The van der Waals surface area contributed by atoms with Gasteiger partial charge in [-0.1, -0.05) is 44.2 Å². The van der Waals surface area contributed by atoms with E-state index in [1.807, 2.05) is 0 Å². The van der Waals surface area contributed by atoms with E-state index in [1.165, 1.54) is 42.9 Å². The van der Waals surface area contributed by atoms with E-state index in [4.69, 9.17) is 0 Å². The maximum absolute atomic E-state index is 3.77. The quantitative estimate of drug-likeness (QED) is 0.829. The first-order valence-corrected chi connectivity index (χ1v) is 9.10. The molecule has 0 bridgehead atoms. The van der Waals surface area contributed by atoms with Crippen LogP contribution in [0, 0.1) is 5.92 Å². The minimum atomic E-state index is 0.246. The Kier molecular flexibility index (Phi) is 5.98. The molecular weight excluding hydrogens is 262 g/mol. The first kappa shape index (κ1) is 15.9. The minimum Gasteiger partial charge on any atom is -0.314 e. The van der Waals surface area contributed by atoms with E-state index in [2.05, 4.69) is 68.2 Å². The molecule has 1 N–H and O–H groups in total. The van der Waals surface area contributed by atoms with E-state index in [9.17, 15) is 0 Å². The Bertz CT molecular complexity index is 382. The van der Waals surface area contributed by atoms with E-state index < -0.39 is 0 Å². The Hall–Kier alpha value is -0.470. The summed E-state index contributed by atoms with van der Waals surface area (Å²) in [4.78, 5) is 0. The number of hydrogen-bond donors (Lipinski definition) is 1. The van der Waals surface area contributed by atoms with Gasteiger partial charge >= 0.3 is 0 Å². The fourth-order valence-electron chi connectivity index (χ4n) is 3.16. The zero-order chi connectivity index (χ0) is 14.4. The van der Waals surface area contributed by atoms with Crippen molar-refractivity contribution in [2.24, 2.45) is 5.92 Å². The molecule has 1 nitrogen and oxygen atoms in total. The molecule has 0 radical (unpaired) electrons. The molecule has 0 amide bonds. The smallest absolute Gasteiger partial charge is 0.00471 e. The average molecular weight is 292 g/mol. The van der Waals surface area contributed by atoms with Crippen molar-refractivity contribution < 1.29 is 0 Å². The predicted octanol–water partition coefficient (Wildman–Crippen LogP) is 4.48. The summed E-state index contributed by atoms with van der Waals surface area (Å²) in [5.74, 6) is 3.62. The molecule has 1 saturated heterocycles. The van der Waals surface area contributed by atoms with Crippen molar-refractivity contribution in [1.82, 2.24) is 5.32 Å². The zero-order valence-electron chi connectivity index (χ0n) is 13.2. The maximum Gasteiger partial charge on any atom is 0.00471 e. The summed E-state index contributed by atoms with van der Waals surface area (Å²) >= 11 is 2.11. The molecule has 1 aliphatic rings. The molecule has 1 atom stereocenters. The predicted molar refractivity (Wildman–Crippen MR) is 91.6 cm³/mol. The van der Waals surface area contributed by atoms with Crippen molar-refractivity contribution in [1.29, 1.82) is 0 Å². The lowest BCUT2D eigenvalue weighted by atomic mass is 9.79. The summed E-state index contributed by atoms with van der Waals surface area (Å²) in [5.41, 5.74) is 1.69. The van der Waals surface area contributed by atoms with Crippen LogP contribution in [0.3, 0.4) is 0 Å². The lowest BCUT2D eigenvalue weighted by molar-refractivity contribution is 0.355. The van der Waals surface area contributed by atoms with Gasteiger partial charge < -0.3 is 5.32 Å². The molecule has 0 aromatic heterocycles. The molecule has 1 aliphatic heterocycles. The summed E-state index contributed by atoms with van der Waals surface area (Å²) in [6.45, 7) is 8.25. The first-order valence-electron chi connectivity index (χ1n) is 7.94. The van der Waals surface area contributed by atoms with Crippen LogP contribution in [0.5, 0.6) is 0 Å². The highest BCUT2D eigenvalue weighted by Gasteiger charge is 2.23. The molecule has 0 aliphatic carbocycles. The molecule has 0 spiro atoms. The third-order valence-electron chi connectivity index (χ3n) is 4.47. The van der Waals surface area contributed by atoms with Crippen LogP contribution in [0.15, 0.2) is 30.3 Å². The van der Waals surface area contributed by atoms with Crippen LogP contribution >= 0.6 is 11.8 Å². The second-order valence-electron chi connectivity index (χ2n) is 6.82. The minimum absolute atomic E-state index is 0.246. The molecule has 1 aromatic carbocycles. The Morgan fingerprint density at radius 1 is 1.20 bits per heavy atom. The standard InChI is InChI=1S/C18H29NS/c1-15(19-14-16-9-11-20-12-10-16)13-18(2,3)17-7-5-4-6-8-17/h4-8,15-16,19H,9-14H2,1-3H3. The van der Waals surface area contributed by atoms with E-state index in [-0.39, 0.29) is 5.41 Å². The fourth-order valence-corrected chi connectivity index (χ4v) is 4.37. The van der Waals surface area contributed by atoms with Crippen LogP contribution in [0.1, 0.15) is 45.6 Å². The normalized spacial score (nSPS) is 18.9. The first-order chi connectivity index (χ1) is 9.58. The lowest BCUT2D eigenvalue weighted by Crippen LogP contribution is -2.36. The summed E-state index contributed by atoms with van der Waals surface area (Å²) in [5, 5.41) is 3.77. The van der Waals surface area contributed by atoms with Crippen molar-refractivity contribution in [2.75, 3.05) is 18.1 Å². The van der Waals surface area contributed by atoms with E-state index in [0.717, 1.165) is 5.92 Å². The molecule has 1 heterocycles. The highest BCUT2D eigenvalue weighted by atomic mass is 32.2. The van der Waals surface area contributed by atoms with Crippen molar-refractivity contribution in [3.63, 3.8) is 0 Å². The molecule has 2 rings (SSSR count). The van der Waals surface area contributed by atoms with Gasteiger partial charge in [0.1, 0.15) is 0 Å². The molecule has 20 heavy (non-hydrogen) atoms. The summed E-state index contributed by atoms with van der Waals surface area (Å²) in [7, 11) is 0. The van der Waals surface area contributed by atoms with E-state index in [1.54, 1.807) is 0 Å². The summed E-state index contributed by atoms with van der Waals surface area (Å²) in [6, 6.07) is 11.5. The van der Waals surface area contributed by atoms with Gasteiger partial charge in [0.15, 0.2) is 0 Å². The molecule has 1 aromatic rings. The Morgan fingerprint density at radius 2 is 1.85 bits per heavy atom. The summed E-state index contributed by atoms with van der Waals surface area (Å²) < 4.78 is 0. The topological polar surface area (TPSA) is 12.0 Å². The number of nitrogens with one attached hydrogen (secondary N) is 1. The Balaban J connectivity index is 1.79. The number of thioether (sulfide) groups is 1. The number of rotatable bonds is 6. The van der Waals surface area contributed by atoms with Crippen LogP contribution in [0.4, 0.5) is 0 Å². The van der Waals surface area contributed by atoms with Crippen molar-refractivity contribution >= 4 is 11.8 Å². The van der Waals surface area contributed by atoms with Gasteiger partial charge in [0.05, 0.1) is 0 Å². The lowest BCUT2D eigenvalue weighted by Gasteiger charge is -2.30. The van der Waals surface area contributed by atoms with Gasteiger partial charge in [0.2, 0.25) is 0 Å². The second-order valence-corrected chi connectivity index (χ2v) is 8.04. The van der Waals surface area contributed by atoms with Gasteiger partial charge in [0.25, 0.3) is 0 Å². The van der Waals surface area contributed by atoms with Crippen molar-refractivity contribution in [3.8, 4) is 0 Å². The highest BCUT2D eigenvalue weighted by molar-refractivity contribution is 7.99. The molecule has 112 valence electrons. The van der Waals surface area contributed by atoms with E-state index >= 15 is 0 Å². The van der Waals surface area contributed by atoms with Gasteiger partial charge in [-0.25, -0.2) is 0 Å². The van der Waals surface area contributed by atoms with Gasteiger partial charge in [-0.2, -0.15) is 11.8 Å². The average Bonchev–Trinajstić information content (AvgIpc) is 2.47. The molecule has 1 fully saturated rings. The van der Waals surface area contributed by atoms with Crippen LogP contribution in [-0.4, -0.2) is 24.1 Å². The largest absolute Gasteiger partial charge is 0.314 e. The molecule has 1 unspecified atom stereocenters. The molecule has 2 heteroatoms. The van der Waals surface area contributed by atoms with Gasteiger partial charge in [-0.3, -0.25) is 0 Å². The van der Waals surface area contributed by atoms with Crippen molar-refractivity contribution in [2.45, 2.75) is 51.5 Å². The molecular formula is C18H29NS. The third kappa shape index (κ3) is 4.82. The Morgan fingerprint density at radius 3 is 2.50 bits per heavy atom. The number of benzene rings is 1. The van der Waals surface area contributed by atoms with Gasteiger partial charge in [0, 0.05) is 6.04 Å². The van der Waals surface area contributed by atoms with Gasteiger partial charge in [-0.05, 0) is 61.1 Å². The Labute approximate surface area is 128 Å². The maximum atomic E-state index is 3.77. The second kappa shape index (κ2) is 7.51. The van der Waals surface area contributed by atoms with Gasteiger partial charge in [-0.15, -0.1) is 0 Å². The zero-order valence-corrected chi connectivity index (χ0v) is 14.0. The highest BCUT2D eigenvalue weighted by Crippen LogP contribution is 2.28. The monoisotopic (exact) mass is 291 g/mol. The fraction of sp³-hybridized carbons (Fsp3) is 0.667. The van der Waals surface area contributed by atoms with E-state index in [0.29, 0.717) is 6.04 Å². The summed E-state index contributed by atoms with van der Waals surface area (Å²) in [6.07, 6.45) is 3.98. The third-order valence-corrected chi connectivity index (χ3v) is 5.52.